The molecule has 1 aliphatic heterocycles. The van der Waals surface area contributed by atoms with Crippen molar-refractivity contribution in [1.82, 2.24) is 0 Å². The van der Waals surface area contributed by atoms with E-state index in [0.29, 0.717) is 0 Å². The Hall–Kier alpha value is -2.48. The molecule has 3 aromatic rings. The van der Waals surface area contributed by atoms with Gasteiger partial charge in [-0.15, -0.1) is 0 Å². The van der Waals surface area contributed by atoms with Gasteiger partial charge in [0, 0.05) is 17.1 Å². The maximum Gasteiger partial charge on any atom is 0.197 e. The van der Waals surface area contributed by atoms with Gasteiger partial charge in [-0.05, 0) is 45.0 Å². The van der Waals surface area contributed by atoms with Crippen molar-refractivity contribution in [2.45, 2.75) is 20.8 Å². The minimum Gasteiger partial charge on any atom is -0.312 e. The fourth-order valence-electron chi connectivity index (χ4n) is 3.26. The minimum atomic E-state index is 1.21. The molecule has 23 heavy (non-hydrogen) atoms. The van der Waals surface area contributed by atoms with Gasteiger partial charge in [-0.3, -0.25) is 0 Å². The predicted molar refractivity (Wildman–Crippen MR) is 100 cm³/mol. The SMILES string of the molecule is Cc1ccc(N2c3ccc(C)cc3[B]c3cc(C)ccc32)cc1. The van der Waals surface area contributed by atoms with Gasteiger partial charge in [-0.1, -0.05) is 64.0 Å². The molecule has 0 bridgehead atoms. The molecule has 1 radical (unpaired) electrons. The standard InChI is InChI=1S/C21H19BN/c1-14-4-8-17(9-5-14)23-20-10-6-15(2)12-18(20)22-19-13-16(3)7-11-21(19)23/h4-13H,1-3H3. The van der Waals surface area contributed by atoms with E-state index in [0.717, 1.165) is 0 Å². The predicted octanol–water partition coefficient (Wildman–Crippen LogP) is 4.05. The number of nitrogens with zero attached hydrogens (tertiary/aromatic N) is 1. The first-order valence-electron chi connectivity index (χ1n) is 8.05. The zero-order valence-electron chi connectivity index (χ0n) is 13.8. The van der Waals surface area contributed by atoms with Crippen LogP contribution in [-0.2, 0) is 0 Å². The second-order valence-electron chi connectivity index (χ2n) is 6.44. The molecule has 0 atom stereocenters. The molecule has 0 N–H and O–H groups in total. The van der Waals surface area contributed by atoms with Crippen molar-refractivity contribution in [3.63, 3.8) is 0 Å². The molecule has 0 aromatic heterocycles. The molecule has 1 nitrogen and oxygen atoms in total. The van der Waals surface area contributed by atoms with Crippen molar-refractivity contribution in [2.24, 2.45) is 0 Å². The first-order chi connectivity index (χ1) is 11.1. The van der Waals surface area contributed by atoms with Crippen LogP contribution in [0, 0.1) is 20.8 Å². The van der Waals surface area contributed by atoms with Gasteiger partial charge in [0.1, 0.15) is 0 Å². The first kappa shape index (κ1) is 14.1. The molecule has 0 aliphatic carbocycles. The number of hydrogen-bond donors (Lipinski definition) is 0. The van der Waals surface area contributed by atoms with E-state index in [2.05, 4.69) is 93.6 Å². The highest BCUT2D eigenvalue weighted by Gasteiger charge is 2.24. The van der Waals surface area contributed by atoms with Crippen molar-refractivity contribution in [2.75, 3.05) is 4.90 Å². The Bertz CT molecular complexity index is 829. The van der Waals surface area contributed by atoms with Gasteiger partial charge in [0.2, 0.25) is 0 Å². The van der Waals surface area contributed by atoms with E-state index in [4.69, 9.17) is 0 Å². The summed E-state index contributed by atoms with van der Waals surface area (Å²) in [5, 5.41) is 0. The summed E-state index contributed by atoms with van der Waals surface area (Å²) in [4.78, 5) is 2.36. The van der Waals surface area contributed by atoms with E-state index in [9.17, 15) is 0 Å². The zero-order valence-corrected chi connectivity index (χ0v) is 13.8. The van der Waals surface area contributed by atoms with E-state index in [1.165, 1.54) is 44.7 Å². The third kappa shape index (κ3) is 2.44. The van der Waals surface area contributed by atoms with E-state index >= 15 is 0 Å². The molecule has 0 saturated carbocycles. The smallest absolute Gasteiger partial charge is 0.197 e. The van der Waals surface area contributed by atoms with Crippen LogP contribution >= 0.6 is 0 Å². The van der Waals surface area contributed by atoms with Crippen LogP contribution in [0.4, 0.5) is 17.1 Å². The summed E-state index contributed by atoms with van der Waals surface area (Å²) in [6, 6.07) is 22.1. The normalized spacial score (nSPS) is 12.4. The lowest BCUT2D eigenvalue weighted by atomic mass is 9.60. The molecule has 4 rings (SSSR count). The summed E-state index contributed by atoms with van der Waals surface area (Å²) in [5.74, 6) is 0. The lowest BCUT2D eigenvalue weighted by Gasteiger charge is -2.34. The van der Waals surface area contributed by atoms with Crippen LogP contribution < -0.4 is 15.8 Å². The number of anilines is 3. The summed E-state index contributed by atoms with van der Waals surface area (Å²) >= 11 is 0. The van der Waals surface area contributed by atoms with E-state index in [1.54, 1.807) is 0 Å². The molecule has 111 valence electrons. The zero-order chi connectivity index (χ0) is 16.0. The summed E-state index contributed by atoms with van der Waals surface area (Å²) in [7, 11) is 2.30. The molecule has 3 aromatic carbocycles. The van der Waals surface area contributed by atoms with Crippen LogP contribution in [-0.4, -0.2) is 7.28 Å². The first-order valence-corrected chi connectivity index (χ1v) is 8.05. The third-order valence-corrected chi connectivity index (χ3v) is 4.45. The molecule has 0 spiro atoms. The highest BCUT2D eigenvalue weighted by molar-refractivity contribution is 6.71. The molecule has 1 heterocycles. The topological polar surface area (TPSA) is 3.24 Å². The van der Waals surface area contributed by atoms with Gasteiger partial charge in [0.15, 0.2) is 7.28 Å². The Morgan fingerprint density at radius 1 is 0.609 bits per heavy atom. The fraction of sp³-hybridized carbons (Fsp3) is 0.143. The van der Waals surface area contributed by atoms with Crippen molar-refractivity contribution in [3.05, 3.63) is 77.4 Å². The van der Waals surface area contributed by atoms with Crippen LogP contribution in [0.3, 0.4) is 0 Å². The monoisotopic (exact) mass is 296 g/mol. The quantitative estimate of drug-likeness (QED) is 0.479. The van der Waals surface area contributed by atoms with Crippen LogP contribution in [0.2, 0.25) is 0 Å². The maximum absolute atomic E-state index is 2.36. The molecule has 1 aliphatic rings. The Morgan fingerprint density at radius 2 is 1.09 bits per heavy atom. The van der Waals surface area contributed by atoms with Crippen LogP contribution in [0.5, 0.6) is 0 Å². The summed E-state index contributed by atoms with van der Waals surface area (Å²) in [6.45, 7) is 6.43. The number of benzene rings is 3. The third-order valence-electron chi connectivity index (χ3n) is 4.45. The fourth-order valence-corrected chi connectivity index (χ4v) is 3.26. The highest BCUT2D eigenvalue weighted by Crippen LogP contribution is 2.34. The van der Waals surface area contributed by atoms with Gasteiger partial charge < -0.3 is 4.90 Å². The van der Waals surface area contributed by atoms with Crippen molar-refractivity contribution in [1.29, 1.82) is 0 Å². The molecule has 0 saturated heterocycles. The Balaban J connectivity index is 1.95. The van der Waals surface area contributed by atoms with Crippen molar-refractivity contribution >= 4 is 35.3 Å². The van der Waals surface area contributed by atoms with Crippen molar-refractivity contribution < 1.29 is 0 Å². The van der Waals surface area contributed by atoms with E-state index in [1.807, 2.05) is 0 Å². The summed E-state index contributed by atoms with van der Waals surface area (Å²) in [5.41, 5.74) is 10.1. The van der Waals surface area contributed by atoms with Crippen LogP contribution in [0.1, 0.15) is 16.7 Å². The Kier molecular flexibility index (Phi) is 3.26. The van der Waals surface area contributed by atoms with Gasteiger partial charge in [-0.2, -0.15) is 0 Å². The number of rotatable bonds is 1. The molecule has 2 heteroatoms. The average Bonchev–Trinajstić information content (AvgIpc) is 2.53. The minimum absolute atomic E-state index is 1.21. The van der Waals surface area contributed by atoms with E-state index in [-0.39, 0.29) is 0 Å². The Labute approximate surface area is 138 Å². The summed E-state index contributed by atoms with van der Waals surface area (Å²) < 4.78 is 0. The second-order valence-corrected chi connectivity index (χ2v) is 6.44. The second kappa shape index (κ2) is 5.31. The molecular weight excluding hydrogens is 277 g/mol. The average molecular weight is 296 g/mol. The van der Waals surface area contributed by atoms with Crippen LogP contribution in [0.15, 0.2) is 60.7 Å². The molecule has 0 amide bonds. The Morgan fingerprint density at radius 3 is 1.61 bits per heavy atom. The number of aryl methyl sites for hydroxylation is 3. The number of fused-ring (bicyclic) bond motifs is 2. The van der Waals surface area contributed by atoms with Gasteiger partial charge in [0.25, 0.3) is 0 Å². The van der Waals surface area contributed by atoms with Crippen molar-refractivity contribution in [3.8, 4) is 0 Å². The molecular formula is C21H19BN. The lowest BCUT2D eigenvalue weighted by Crippen LogP contribution is -2.40. The highest BCUT2D eigenvalue weighted by atomic mass is 15.1. The van der Waals surface area contributed by atoms with Gasteiger partial charge in [-0.25, -0.2) is 0 Å². The molecule has 0 fully saturated rings. The maximum atomic E-state index is 2.36. The summed E-state index contributed by atoms with van der Waals surface area (Å²) in [6.07, 6.45) is 0. The molecule has 0 unspecified atom stereocenters. The van der Waals surface area contributed by atoms with Crippen LogP contribution in [0.25, 0.3) is 0 Å². The number of hydrogen-bond acceptors (Lipinski definition) is 1. The van der Waals surface area contributed by atoms with E-state index < -0.39 is 0 Å². The van der Waals surface area contributed by atoms with Gasteiger partial charge >= 0.3 is 0 Å². The largest absolute Gasteiger partial charge is 0.312 e. The lowest BCUT2D eigenvalue weighted by molar-refractivity contribution is 1.27. The van der Waals surface area contributed by atoms with Gasteiger partial charge in [0.05, 0.1) is 0 Å².